The maximum atomic E-state index is 9.81. The second kappa shape index (κ2) is 10.8. The van der Waals surface area contributed by atoms with Crippen LogP contribution >= 0.6 is 0 Å². The normalized spacial score (nSPS) is 16.9. The maximum absolute atomic E-state index is 9.81. The molecule has 7 heteroatoms. The van der Waals surface area contributed by atoms with Crippen LogP contribution in [0, 0.1) is 16.7 Å². The highest BCUT2D eigenvalue weighted by Crippen LogP contribution is 2.30. The van der Waals surface area contributed by atoms with Gasteiger partial charge in [0.15, 0.2) is 0 Å². The summed E-state index contributed by atoms with van der Waals surface area (Å²) in [6, 6.07) is 25.4. The first-order valence-corrected chi connectivity index (χ1v) is 15.1. The molecule has 5 aromatic rings. The Hall–Kier alpha value is -4.36. The van der Waals surface area contributed by atoms with Gasteiger partial charge in [-0.15, -0.1) is 0 Å². The van der Waals surface area contributed by atoms with Crippen molar-refractivity contribution in [2.45, 2.75) is 38.7 Å². The zero-order valence-corrected chi connectivity index (χ0v) is 24.1. The van der Waals surface area contributed by atoms with E-state index in [0.29, 0.717) is 11.7 Å². The Morgan fingerprint density at radius 2 is 1.07 bits per heavy atom. The van der Waals surface area contributed by atoms with Crippen LogP contribution in [0.2, 0.25) is 0 Å². The van der Waals surface area contributed by atoms with Gasteiger partial charge in [-0.2, -0.15) is 0 Å². The van der Waals surface area contributed by atoms with E-state index in [1.165, 1.54) is 0 Å². The van der Waals surface area contributed by atoms with Crippen LogP contribution in [-0.2, 0) is 0 Å². The monoisotopic (exact) mass is 558 g/mol. The minimum absolute atomic E-state index is 0.244. The molecular formula is C35H38N6O. The highest BCUT2D eigenvalue weighted by atomic mass is 16.3. The highest BCUT2D eigenvalue weighted by molar-refractivity contribution is 6.01. The Kier molecular flexibility index (Phi) is 6.82. The summed E-state index contributed by atoms with van der Waals surface area (Å²) in [6.07, 6.45) is 3.50. The van der Waals surface area contributed by atoms with Crippen molar-refractivity contribution in [3.8, 4) is 22.5 Å². The zero-order valence-electron chi connectivity index (χ0n) is 24.1. The van der Waals surface area contributed by atoms with Gasteiger partial charge >= 0.3 is 0 Å². The molecule has 2 saturated heterocycles. The molecule has 0 spiro atoms. The second-order valence-electron chi connectivity index (χ2n) is 12.1. The molecule has 214 valence electrons. The average molecular weight is 559 g/mol. The number of amidine groups is 2. The van der Waals surface area contributed by atoms with Gasteiger partial charge in [-0.05, 0) is 67.0 Å². The number of hydrogen-bond donors (Lipinski definition) is 5. The van der Waals surface area contributed by atoms with Crippen molar-refractivity contribution in [2.75, 3.05) is 26.2 Å². The summed E-state index contributed by atoms with van der Waals surface area (Å²) < 4.78 is 0. The van der Waals surface area contributed by atoms with Crippen molar-refractivity contribution < 1.29 is 5.11 Å². The number of aliphatic hydroxyl groups excluding tert-OH is 1. The number of fused-ring (bicyclic) bond motifs is 2. The van der Waals surface area contributed by atoms with E-state index in [0.717, 1.165) is 113 Å². The van der Waals surface area contributed by atoms with E-state index in [1.807, 2.05) is 6.07 Å². The smallest absolute Gasteiger partial charge is 0.128 e. The van der Waals surface area contributed by atoms with E-state index in [2.05, 4.69) is 93.4 Å². The number of aromatic nitrogens is 2. The van der Waals surface area contributed by atoms with E-state index < -0.39 is 0 Å². The van der Waals surface area contributed by atoms with E-state index in [1.54, 1.807) is 0 Å². The molecule has 0 radical (unpaired) electrons. The highest BCUT2D eigenvalue weighted by Gasteiger charge is 2.21. The zero-order chi connectivity index (χ0) is 28.8. The fraction of sp³-hybridized carbons (Fsp3) is 0.314. The van der Waals surface area contributed by atoms with Gasteiger partial charge in [0.25, 0.3) is 0 Å². The number of hydrogen-bond acceptors (Lipinski definition) is 3. The van der Waals surface area contributed by atoms with Crippen molar-refractivity contribution in [3.05, 3.63) is 83.9 Å². The summed E-state index contributed by atoms with van der Waals surface area (Å²) in [7, 11) is 0. The molecule has 42 heavy (non-hydrogen) atoms. The third-order valence-electron chi connectivity index (χ3n) is 9.18. The summed E-state index contributed by atoms with van der Waals surface area (Å²) >= 11 is 0. The van der Waals surface area contributed by atoms with Gasteiger partial charge in [-0.25, -0.2) is 0 Å². The predicted molar refractivity (Wildman–Crippen MR) is 171 cm³/mol. The number of benzene rings is 3. The van der Waals surface area contributed by atoms with E-state index in [9.17, 15) is 5.11 Å². The van der Waals surface area contributed by atoms with Crippen molar-refractivity contribution in [1.29, 1.82) is 10.8 Å². The first-order valence-electron chi connectivity index (χ1n) is 15.1. The van der Waals surface area contributed by atoms with Crippen LogP contribution in [0.1, 0.15) is 43.7 Å². The van der Waals surface area contributed by atoms with Crippen molar-refractivity contribution in [2.24, 2.45) is 5.92 Å². The van der Waals surface area contributed by atoms with Gasteiger partial charge in [0, 0.05) is 70.5 Å². The van der Waals surface area contributed by atoms with Gasteiger partial charge in [0.05, 0.1) is 6.10 Å². The number of likely N-dealkylation sites (tertiary alicyclic amines) is 2. The molecule has 5 N–H and O–H groups in total. The van der Waals surface area contributed by atoms with Crippen LogP contribution in [0.15, 0.2) is 72.8 Å². The second-order valence-corrected chi connectivity index (χ2v) is 12.1. The lowest BCUT2D eigenvalue weighted by Crippen LogP contribution is -2.40. The summed E-state index contributed by atoms with van der Waals surface area (Å²) in [5.74, 6) is 1.89. The third kappa shape index (κ3) is 5.09. The Balaban J connectivity index is 1.08. The predicted octanol–water partition coefficient (Wildman–Crippen LogP) is 6.82. The SMILES string of the molecule is CC1CCN(C(=N)c2ccc3cc(-c4ccc(-c5cc6ccc(C(=N)N7CCC(O)CC7)cc6[nH]5)cc4)[nH]c3c2)CC1. The standard InChI is InChI=1S/C35H38N6O/c1-22-10-14-40(15-11-22)34(36)27-8-6-25-18-30(38-32(25)20-27)23-2-4-24(5-3-23)31-19-26-7-9-28(21-33(26)39-31)35(37)41-16-12-29(42)13-17-41/h2-9,18-22,29,36-39,42H,10-17H2,1H3. The van der Waals surface area contributed by atoms with Crippen molar-refractivity contribution >= 4 is 33.5 Å². The molecule has 4 heterocycles. The van der Waals surface area contributed by atoms with Gasteiger partial charge in [0.1, 0.15) is 11.7 Å². The van der Waals surface area contributed by atoms with Crippen LogP contribution in [0.4, 0.5) is 0 Å². The molecule has 0 unspecified atom stereocenters. The van der Waals surface area contributed by atoms with Crippen molar-refractivity contribution in [1.82, 2.24) is 19.8 Å². The topological polar surface area (TPSA) is 106 Å². The molecule has 0 saturated carbocycles. The maximum Gasteiger partial charge on any atom is 0.128 e. The first kappa shape index (κ1) is 26.5. The number of aromatic amines is 2. The number of nitrogens with zero attached hydrogens (tertiary/aromatic N) is 2. The molecular weight excluding hydrogens is 520 g/mol. The van der Waals surface area contributed by atoms with Gasteiger partial charge in [-0.3, -0.25) is 10.8 Å². The quantitative estimate of drug-likeness (QED) is 0.123. The Labute approximate surface area is 246 Å². The molecule has 0 amide bonds. The first-order chi connectivity index (χ1) is 20.4. The number of nitrogens with one attached hydrogen (secondary N) is 4. The minimum atomic E-state index is -0.244. The van der Waals surface area contributed by atoms with Gasteiger partial charge in [0.2, 0.25) is 0 Å². The fourth-order valence-corrected chi connectivity index (χ4v) is 6.38. The lowest BCUT2D eigenvalue weighted by atomic mass is 9.98. The van der Waals surface area contributed by atoms with Crippen LogP contribution in [0.3, 0.4) is 0 Å². The van der Waals surface area contributed by atoms with E-state index >= 15 is 0 Å². The van der Waals surface area contributed by atoms with E-state index in [4.69, 9.17) is 10.8 Å². The van der Waals surface area contributed by atoms with Crippen LogP contribution in [0.25, 0.3) is 44.3 Å². The molecule has 2 aromatic heterocycles. The van der Waals surface area contributed by atoms with Gasteiger partial charge < -0.3 is 24.9 Å². The summed E-state index contributed by atoms with van der Waals surface area (Å²) in [6.45, 7) is 5.67. The number of H-pyrrole nitrogens is 2. The molecule has 2 fully saturated rings. The fourth-order valence-electron chi connectivity index (χ4n) is 6.38. The molecule has 0 aliphatic carbocycles. The number of piperidine rings is 2. The molecule has 2 aliphatic heterocycles. The summed E-state index contributed by atoms with van der Waals surface area (Å²) in [5.41, 5.74) is 8.28. The van der Waals surface area contributed by atoms with Gasteiger partial charge in [-0.1, -0.05) is 55.5 Å². The Morgan fingerprint density at radius 3 is 1.52 bits per heavy atom. The van der Waals surface area contributed by atoms with E-state index in [-0.39, 0.29) is 6.10 Å². The molecule has 2 aliphatic rings. The summed E-state index contributed by atoms with van der Waals surface area (Å²) in [5, 5.41) is 29.5. The Morgan fingerprint density at radius 1 is 0.643 bits per heavy atom. The summed E-state index contributed by atoms with van der Waals surface area (Å²) in [4.78, 5) is 11.4. The Bertz CT molecular complexity index is 1630. The average Bonchev–Trinajstić information content (AvgIpc) is 3.65. The lowest BCUT2D eigenvalue weighted by molar-refractivity contribution is 0.109. The van der Waals surface area contributed by atoms with Crippen LogP contribution in [-0.4, -0.2) is 68.8 Å². The minimum Gasteiger partial charge on any atom is -0.393 e. The number of rotatable bonds is 4. The lowest BCUT2D eigenvalue weighted by Gasteiger charge is -2.32. The van der Waals surface area contributed by atoms with Crippen LogP contribution in [0.5, 0.6) is 0 Å². The number of aliphatic hydroxyl groups is 1. The molecule has 7 nitrogen and oxygen atoms in total. The molecule has 0 bridgehead atoms. The van der Waals surface area contributed by atoms with Crippen molar-refractivity contribution in [3.63, 3.8) is 0 Å². The molecule has 3 aromatic carbocycles. The largest absolute Gasteiger partial charge is 0.393 e. The van der Waals surface area contributed by atoms with Crippen LogP contribution < -0.4 is 0 Å². The third-order valence-corrected chi connectivity index (χ3v) is 9.18. The molecule has 0 atom stereocenters. The molecule has 7 rings (SSSR count).